The lowest BCUT2D eigenvalue weighted by Gasteiger charge is -2.19. The van der Waals surface area contributed by atoms with Gasteiger partial charge in [-0.15, -0.1) is 0 Å². The van der Waals surface area contributed by atoms with Gasteiger partial charge in [0, 0.05) is 18.8 Å². The standard InChI is InChI=1S/C10H14N4/c1-13-8-9(7-12-13)10(6-11)14-4-2-3-5-14/h7-8,10H,2-5H2,1H3. The van der Waals surface area contributed by atoms with E-state index in [1.54, 1.807) is 10.9 Å². The molecular formula is C10H14N4. The van der Waals surface area contributed by atoms with Gasteiger partial charge in [-0.3, -0.25) is 9.58 Å². The molecule has 1 fully saturated rings. The maximum absolute atomic E-state index is 9.12. The molecule has 2 heterocycles. The highest BCUT2D eigenvalue weighted by Crippen LogP contribution is 2.23. The van der Waals surface area contributed by atoms with Crippen LogP contribution in [0.3, 0.4) is 0 Å². The first kappa shape index (κ1) is 9.22. The van der Waals surface area contributed by atoms with Crippen LogP contribution in [0.2, 0.25) is 0 Å². The van der Waals surface area contributed by atoms with E-state index in [1.165, 1.54) is 12.8 Å². The quantitative estimate of drug-likeness (QED) is 0.701. The number of hydrogen-bond acceptors (Lipinski definition) is 3. The van der Waals surface area contributed by atoms with Crippen molar-refractivity contribution < 1.29 is 0 Å². The normalized spacial score (nSPS) is 19.4. The summed E-state index contributed by atoms with van der Waals surface area (Å²) < 4.78 is 1.75. The van der Waals surface area contributed by atoms with Crippen molar-refractivity contribution in [1.82, 2.24) is 14.7 Å². The van der Waals surface area contributed by atoms with E-state index >= 15 is 0 Å². The molecule has 0 radical (unpaired) electrons. The van der Waals surface area contributed by atoms with Crippen molar-refractivity contribution in [2.24, 2.45) is 7.05 Å². The molecule has 1 aromatic heterocycles. The highest BCUT2D eigenvalue weighted by atomic mass is 15.3. The lowest BCUT2D eigenvalue weighted by atomic mass is 10.1. The van der Waals surface area contributed by atoms with Crippen LogP contribution in [0, 0.1) is 11.3 Å². The van der Waals surface area contributed by atoms with E-state index in [2.05, 4.69) is 16.1 Å². The zero-order chi connectivity index (χ0) is 9.97. The summed E-state index contributed by atoms with van der Waals surface area (Å²) in [7, 11) is 1.88. The molecule has 0 amide bonds. The van der Waals surface area contributed by atoms with E-state index in [9.17, 15) is 0 Å². The van der Waals surface area contributed by atoms with E-state index in [4.69, 9.17) is 5.26 Å². The van der Waals surface area contributed by atoms with Crippen molar-refractivity contribution in [2.45, 2.75) is 18.9 Å². The van der Waals surface area contributed by atoms with E-state index in [-0.39, 0.29) is 6.04 Å². The van der Waals surface area contributed by atoms with Crippen LogP contribution in [0.5, 0.6) is 0 Å². The van der Waals surface area contributed by atoms with Gasteiger partial charge in [0.2, 0.25) is 0 Å². The molecule has 0 bridgehead atoms. The first-order valence-corrected chi connectivity index (χ1v) is 4.93. The Labute approximate surface area is 83.7 Å². The number of aromatic nitrogens is 2. The molecule has 1 saturated heterocycles. The van der Waals surface area contributed by atoms with Crippen LogP contribution in [0.4, 0.5) is 0 Å². The Morgan fingerprint density at radius 1 is 1.50 bits per heavy atom. The van der Waals surface area contributed by atoms with Crippen molar-refractivity contribution >= 4 is 0 Å². The minimum absolute atomic E-state index is 0.105. The van der Waals surface area contributed by atoms with Crippen molar-refractivity contribution in [1.29, 1.82) is 5.26 Å². The van der Waals surface area contributed by atoms with Crippen LogP contribution < -0.4 is 0 Å². The number of nitriles is 1. The number of likely N-dealkylation sites (tertiary alicyclic amines) is 1. The summed E-state index contributed by atoms with van der Waals surface area (Å²) in [5.74, 6) is 0. The summed E-state index contributed by atoms with van der Waals surface area (Å²) in [5.41, 5.74) is 1.01. The second kappa shape index (κ2) is 3.81. The summed E-state index contributed by atoms with van der Waals surface area (Å²) in [4.78, 5) is 2.22. The first-order valence-electron chi connectivity index (χ1n) is 4.93. The molecule has 1 aliphatic rings. The lowest BCUT2D eigenvalue weighted by molar-refractivity contribution is 0.294. The molecule has 2 rings (SSSR count). The smallest absolute Gasteiger partial charge is 0.126 e. The van der Waals surface area contributed by atoms with E-state index in [1.807, 2.05) is 13.2 Å². The molecule has 74 valence electrons. The van der Waals surface area contributed by atoms with Gasteiger partial charge in [0.05, 0.1) is 12.3 Å². The third kappa shape index (κ3) is 1.64. The van der Waals surface area contributed by atoms with E-state index in [0.717, 1.165) is 18.7 Å². The summed E-state index contributed by atoms with van der Waals surface area (Å²) in [6, 6.07) is 2.24. The maximum atomic E-state index is 9.12. The molecule has 0 aliphatic carbocycles. The third-order valence-electron chi connectivity index (χ3n) is 2.67. The van der Waals surface area contributed by atoms with Crippen molar-refractivity contribution in [3.05, 3.63) is 18.0 Å². The molecule has 0 saturated carbocycles. The van der Waals surface area contributed by atoms with Crippen LogP contribution in [-0.4, -0.2) is 27.8 Å². The van der Waals surface area contributed by atoms with Gasteiger partial charge in [0.15, 0.2) is 0 Å². The zero-order valence-corrected chi connectivity index (χ0v) is 8.35. The van der Waals surface area contributed by atoms with Gasteiger partial charge in [-0.05, 0) is 25.9 Å². The average Bonchev–Trinajstić information content (AvgIpc) is 2.79. The minimum Gasteiger partial charge on any atom is -0.284 e. The Bertz CT molecular complexity index is 343. The highest BCUT2D eigenvalue weighted by Gasteiger charge is 2.23. The Balaban J connectivity index is 2.17. The fourth-order valence-electron chi connectivity index (χ4n) is 1.95. The Morgan fingerprint density at radius 3 is 2.71 bits per heavy atom. The summed E-state index contributed by atoms with van der Waals surface area (Å²) >= 11 is 0. The molecule has 1 aromatic rings. The topological polar surface area (TPSA) is 44.9 Å². The molecule has 0 spiro atoms. The molecule has 0 N–H and O–H groups in total. The monoisotopic (exact) mass is 190 g/mol. The average molecular weight is 190 g/mol. The van der Waals surface area contributed by atoms with Crippen molar-refractivity contribution in [3.63, 3.8) is 0 Å². The van der Waals surface area contributed by atoms with Gasteiger partial charge < -0.3 is 0 Å². The molecule has 1 atom stereocenters. The molecule has 14 heavy (non-hydrogen) atoms. The van der Waals surface area contributed by atoms with Crippen molar-refractivity contribution in [2.75, 3.05) is 13.1 Å². The van der Waals surface area contributed by atoms with E-state index < -0.39 is 0 Å². The van der Waals surface area contributed by atoms with Gasteiger partial charge in [-0.1, -0.05) is 0 Å². The minimum atomic E-state index is -0.105. The second-order valence-electron chi connectivity index (χ2n) is 3.72. The SMILES string of the molecule is Cn1cc(C(C#N)N2CCCC2)cn1. The largest absolute Gasteiger partial charge is 0.284 e. The molecule has 0 aromatic carbocycles. The Morgan fingerprint density at radius 2 is 2.21 bits per heavy atom. The lowest BCUT2D eigenvalue weighted by Crippen LogP contribution is -2.24. The Hall–Kier alpha value is -1.34. The number of nitrogens with zero attached hydrogens (tertiary/aromatic N) is 4. The van der Waals surface area contributed by atoms with Crippen LogP contribution in [0.15, 0.2) is 12.4 Å². The molecule has 4 heteroatoms. The summed E-state index contributed by atoms with van der Waals surface area (Å²) in [5, 5.41) is 13.2. The van der Waals surface area contributed by atoms with Gasteiger partial charge in [0.25, 0.3) is 0 Å². The van der Waals surface area contributed by atoms with Gasteiger partial charge >= 0.3 is 0 Å². The summed E-state index contributed by atoms with van der Waals surface area (Å²) in [6.45, 7) is 2.07. The molecule has 4 nitrogen and oxygen atoms in total. The fourth-order valence-corrected chi connectivity index (χ4v) is 1.95. The molecular weight excluding hydrogens is 176 g/mol. The van der Waals surface area contributed by atoms with Crippen LogP contribution in [0.1, 0.15) is 24.4 Å². The van der Waals surface area contributed by atoms with Gasteiger partial charge in [0.1, 0.15) is 6.04 Å². The molecule has 1 aliphatic heterocycles. The first-order chi connectivity index (χ1) is 6.81. The fraction of sp³-hybridized carbons (Fsp3) is 0.600. The molecule has 1 unspecified atom stereocenters. The van der Waals surface area contributed by atoms with Gasteiger partial charge in [-0.2, -0.15) is 10.4 Å². The highest BCUT2D eigenvalue weighted by molar-refractivity contribution is 5.18. The van der Waals surface area contributed by atoms with Gasteiger partial charge in [-0.25, -0.2) is 0 Å². The predicted molar refractivity (Wildman–Crippen MR) is 52.4 cm³/mol. The number of aryl methyl sites for hydroxylation is 1. The predicted octanol–water partition coefficient (Wildman–Crippen LogP) is 1.08. The second-order valence-corrected chi connectivity index (χ2v) is 3.72. The van der Waals surface area contributed by atoms with E-state index in [0.29, 0.717) is 0 Å². The summed E-state index contributed by atoms with van der Waals surface area (Å²) in [6.07, 6.45) is 6.12. The van der Waals surface area contributed by atoms with Crippen LogP contribution in [-0.2, 0) is 7.05 Å². The number of rotatable bonds is 2. The van der Waals surface area contributed by atoms with Crippen LogP contribution >= 0.6 is 0 Å². The zero-order valence-electron chi connectivity index (χ0n) is 8.35. The Kier molecular flexibility index (Phi) is 2.51. The maximum Gasteiger partial charge on any atom is 0.126 e. The van der Waals surface area contributed by atoms with Crippen molar-refractivity contribution in [3.8, 4) is 6.07 Å². The van der Waals surface area contributed by atoms with Crippen LogP contribution in [0.25, 0.3) is 0 Å². The third-order valence-corrected chi connectivity index (χ3v) is 2.67. The number of hydrogen-bond donors (Lipinski definition) is 0.